The average Bonchev–Trinajstić information content (AvgIpc) is 3.48. The van der Waals surface area contributed by atoms with Crippen LogP contribution in [0.2, 0.25) is 0 Å². The summed E-state index contributed by atoms with van der Waals surface area (Å²) < 4.78 is 6.40. The lowest BCUT2D eigenvalue weighted by Gasteiger charge is -2.44. The molecule has 0 radical (unpaired) electrons. The molecule has 39 heavy (non-hydrogen) atoms. The second-order valence-electron chi connectivity index (χ2n) is 13.6. The van der Waals surface area contributed by atoms with Crippen LogP contribution < -0.4 is 0 Å². The maximum Gasteiger partial charge on any atom is 0.193 e. The van der Waals surface area contributed by atoms with Crippen LogP contribution in [-0.4, -0.2) is 51.7 Å². The van der Waals surface area contributed by atoms with Crippen molar-refractivity contribution in [3.8, 4) is 0 Å². The molecule has 1 heterocycles. The van der Waals surface area contributed by atoms with Crippen LogP contribution >= 0.6 is 0 Å². The SMILES string of the molecule is C=C1/C(=C\C=C2/CCC[C@]3(C)[C@@H]([C@H](C)/C=C/[C@@H](O)C4(C5=NCC(CC)(CC)O5)CC4)CC[C@@H]23)C[C@@H](O)C[C@@H]1O. The first-order valence-electron chi connectivity index (χ1n) is 15.6. The van der Waals surface area contributed by atoms with Gasteiger partial charge in [0.25, 0.3) is 0 Å². The second-order valence-corrected chi connectivity index (χ2v) is 13.6. The van der Waals surface area contributed by atoms with E-state index in [1.807, 2.05) is 6.08 Å². The number of fused-ring (bicyclic) bond motifs is 1. The van der Waals surface area contributed by atoms with Crippen molar-refractivity contribution in [3.63, 3.8) is 0 Å². The van der Waals surface area contributed by atoms with E-state index in [4.69, 9.17) is 9.73 Å². The van der Waals surface area contributed by atoms with E-state index >= 15 is 0 Å². The summed E-state index contributed by atoms with van der Waals surface area (Å²) in [5.41, 5.74) is 3.01. The van der Waals surface area contributed by atoms with Gasteiger partial charge in [-0.05, 0) is 98.5 Å². The molecule has 1 aliphatic heterocycles. The van der Waals surface area contributed by atoms with E-state index in [9.17, 15) is 15.3 Å². The van der Waals surface area contributed by atoms with Gasteiger partial charge in [-0.2, -0.15) is 0 Å². The van der Waals surface area contributed by atoms with Gasteiger partial charge >= 0.3 is 0 Å². The van der Waals surface area contributed by atoms with Crippen LogP contribution in [0.15, 0.2) is 52.6 Å². The van der Waals surface area contributed by atoms with Gasteiger partial charge in [-0.15, -0.1) is 0 Å². The Morgan fingerprint density at radius 1 is 1.10 bits per heavy atom. The molecule has 0 aromatic heterocycles. The van der Waals surface area contributed by atoms with Crippen molar-refractivity contribution in [2.45, 2.75) is 122 Å². The maximum atomic E-state index is 11.3. The van der Waals surface area contributed by atoms with Gasteiger partial charge in [0.1, 0.15) is 5.60 Å². The van der Waals surface area contributed by atoms with Crippen molar-refractivity contribution in [3.05, 3.63) is 47.6 Å². The quantitative estimate of drug-likeness (QED) is 0.311. The summed E-state index contributed by atoms with van der Waals surface area (Å²) >= 11 is 0. The number of hydrogen-bond donors (Lipinski definition) is 3. The number of nitrogens with zero attached hydrogens (tertiary/aromatic N) is 1. The molecule has 4 saturated carbocycles. The largest absolute Gasteiger partial charge is 0.472 e. The monoisotopic (exact) mass is 537 g/mol. The van der Waals surface area contributed by atoms with E-state index in [1.54, 1.807) is 0 Å². The van der Waals surface area contributed by atoms with Crippen LogP contribution in [0.25, 0.3) is 0 Å². The highest BCUT2D eigenvalue weighted by Crippen LogP contribution is 2.60. The van der Waals surface area contributed by atoms with E-state index < -0.39 is 18.3 Å². The van der Waals surface area contributed by atoms with Crippen molar-refractivity contribution in [2.75, 3.05) is 6.54 Å². The first-order chi connectivity index (χ1) is 18.6. The Hall–Kier alpha value is -1.69. The Morgan fingerprint density at radius 3 is 2.51 bits per heavy atom. The third-order valence-corrected chi connectivity index (χ3v) is 11.4. The van der Waals surface area contributed by atoms with Gasteiger partial charge in [0.15, 0.2) is 5.90 Å². The summed E-state index contributed by atoms with van der Waals surface area (Å²) in [6.45, 7) is 14.0. The van der Waals surface area contributed by atoms with Gasteiger partial charge in [-0.1, -0.05) is 64.2 Å². The van der Waals surface area contributed by atoms with Crippen LogP contribution in [0.5, 0.6) is 0 Å². The summed E-state index contributed by atoms with van der Waals surface area (Å²) in [5.74, 6) is 2.33. The van der Waals surface area contributed by atoms with E-state index in [-0.39, 0.29) is 16.4 Å². The number of hydrogen-bond acceptors (Lipinski definition) is 5. The Bertz CT molecular complexity index is 1060. The molecule has 0 spiro atoms. The standard InChI is InChI=1S/C34H51NO4/c1-6-33(7-2)21-35-31(39-33)34(17-18-34)30(38)15-10-22(3)27-13-14-28-24(9-8-16-32(27,28)5)11-12-25-19-26(36)20-29(37)23(25)4/h10-12,15,22,26-30,36-38H,4,6-9,13-14,16-21H2,1-3,5H3/b15-10+,24-11+,25-12-/t22-,26-,27-,28+,29+,30-,32-/m1/s1. The fraction of sp³-hybridized carbons (Fsp3) is 0.735. The molecule has 0 aromatic carbocycles. The highest BCUT2D eigenvalue weighted by Gasteiger charge is 2.57. The van der Waals surface area contributed by atoms with Gasteiger partial charge in [-0.3, -0.25) is 4.99 Å². The van der Waals surface area contributed by atoms with Gasteiger partial charge in [-0.25, -0.2) is 0 Å². The lowest BCUT2D eigenvalue weighted by Crippen LogP contribution is -2.37. The predicted octanol–water partition coefficient (Wildman–Crippen LogP) is 6.45. The topological polar surface area (TPSA) is 82.3 Å². The molecule has 4 aliphatic carbocycles. The van der Waals surface area contributed by atoms with Crippen LogP contribution in [0.1, 0.15) is 98.3 Å². The van der Waals surface area contributed by atoms with Crippen LogP contribution in [0.4, 0.5) is 0 Å². The van der Waals surface area contributed by atoms with Gasteiger partial charge in [0, 0.05) is 6.42 Å². The van der Waals surface area contributed by atoms with E-state index in [0.717, 1.165) is 49.1 Å². The molecular formula is C34H51NO4. The number of ether oxygens (including phenoxy) is 1. The molecule has 0 amide bonds. The molecule has 4 fully saturated rings. The maximum absolute atomic E-state index is 11.3. The lowest BCUT2D eigenvalue weighted by atomic mass is 9.61. The Balaban J connectivity index is 1.26. The third-order valence-electron chi connectivity index (χ3n) is 11.4. The average molecular weight is 538 g/mol. The fourth-order valence-electron chi connectivity index (χ4n) is 8.34. The van der Waals surface area contributed by atoms with Gasteiger partial charge < -0.3 is 20.1 Å². The lowest BCUT2D eigenvalue weighted by molar-refractivity contribution is 0.0589. The zero-order chi connectivity index (χ0) is 28.0. The van der Waals surface area contributed by atoms with Crippen LogP contribution in [0.3, 0.4) is 0 Å². The first kappa shape index (κ1) is 28.8. The molecule has 5 nitrogen and oxygen atoms in total. The number of aliphatic imine (C=N–C) groups is 1. The molecule has 5 rings (SSSR count). The second kappa shape index (κ2) is 10.9. The zero-order valence-corrected chi connectivity index (χ0v) is 24.7. The Kier molecular flexibility index (Phi) is 8.09. The summed E-state index contributed by atoms with van der Waals surface area (Å²) in [7, 11) is 0. The molecule has 0 saturated heterocycles. The predicted molar refractivity (Wildman–Crippen MR) is 157 cm³/mol. The molecule has 5 aliphatic rings. The minimum absolute atomic E-state index is 0.179. The first-order valence-corrected chi connectivity index (χ1v) is 15.6. The number of aliphatic hydroxyl groups is 3. The number of aliphatic hydroxyl groups excluding tert-OH is 3. The summed E-state index contributed by atoms with van der Waals surface area (Å²) in [6.07, 6.45) is 17.8. The highest BCUT2D eigenvalue weighted by atomic mass is 16.5. The van der Waals surface area contributed by atoms with E-state index in [1.165, 1.54) is 31.3 Å². The molecule has 7 atom stereocenters. The van der Waals surface area contributed by atoms with Crippen molar-refractivity contribution in [2.24, 2.45) is 33.6 Å². The zero-order valence-electron chi connectivity index (χ0n) is 24.7. The molecular weight excluding hydrogens is 486 g/mol. The molecule has 216 valence electrons. The highest BCUT2D eigenvalue weighted by molar-refractivity contribution is 5.88. The van der Waals surface area contributed by atoms with Crippen LogP contribution in [-0.2, 0) is 4.74 Å². The molecule has 0 unspecified atom stereocenters. The van der Waals surface area contributed by atoms with Gasteiger partial charge in [0.2, 0.25) is 0 Å². The number of allylic oxidation sites excluding steroid dienone is 4. The minimum atomic E-state index is -0.642. The smallest absolute Gasteiger partial charge is 0.193 e. The van der Waals surface area contributed by atoms with E-state index in [0.29, 0.717) is 37.1 Å². The minimum Gasteiger partial charge on any atom is -0.472 e. The van der Waals surface area contributed by atoms with Crippen molar-refractivity contribution < 1.29 is 20.1 Å². The fourth-order valence-corrected chi connectivity index (χ4v) is 8.34. The Labute approximate surface area is 235 Å². The molecule has 0 aromatic rings. The van der Waals surface area contributed by atoms with Crippen molar-refractivity contribution in [1.82, 2.24) is 0 Å². The third kappa shape index (κ3) is 5.24. The van der Waals surface area contributed by atoms with Crippen molar-refractivity contribution in [1.29, 1.82) is 0 Å². The molecule has 5 heteroatoms. The van der Waals surface area contributed by atoms with Crippen molar-refractivity contribution >= 4 is 5.90 Å². The number of rotatable bonds is 8. The van der Waals surface area contributed by atoms with Gasteiger partial charge in [0.05, 0.1) is 30.3 Å². The summed E-state index contributed by atoms with van der Waals surface area (Å²) in [5, 5.41) is 31.7. The summed E-state index contributed by atoms with van der Waals surface area (Å²) in [4.78, 5) is 4.78. The Morgan fingerprint density at radius 2 is 1.85 bits per heavy atom. The molecule has 3 N–H and O–H groups in total. The summed E-state index contributed by atoms with van der Waals surface area (Å²) in [6, 6.07) is 0. The van der Waals surface area contributed by atoms with E-state index in [2.05, 4.69) is 52.5 Å². The normalized spacial score (nSPS) is 39.1. The molecule has 0 bridgehead atoms. The van der Waals surface area contributed by atoms with Crippen LogP contribution in [0, 0.1) is 28.6 Å².